The minimum atomic E-state index is -1.39. The van der Waals surface area contributed by atoms with E-state index in [9.17, 15) is 14.4 Å². The van der Waals surface area contributed by atoms with Crippen LogP contribution in [-0.4, -0.2) is 434 Å². The fourth-order valence-corrected chi connectivity index (χ4v) is 13.2. The lowest BCUT2D eigenvalue weighted by Crippen LogP contribution is -2.95. The minimum absolute atomic E-state index is 0. The highest BCUT2D eigenvalue weighted by atomic mass is 16.6. The van der Waals surface area contributed by atoms with Gasteiger partial charge in [-0.1, -0.05) is 7.43 Å². The summed E-state index contributed by atoms with van der Waals surface area (Å²) in [5.74, 6) is 1.30. The molecule has 0 aliphatic carbocycles. The van der Waals surface area contributed by atoms with Gasteiger partial charge in [0.25, 0.3) is 0 Å². The molecule has 0 atom stereocenters. The van der Waals surface area contributed by atoms with Gasteiger partial charge in [0.1, 0.15) is 29.0 Å². The summed E-state index contributed by atoms with van der Waals surface area (Å²) in [5, 5.41) is 3.07. The molecule has 0 spiro atoms. The van der Waals surface area contributed by atoms with Gasteiger partial charge in [0.15, 0.2) is 0 Å². The lowest BCUT2D eigenvalue weighted by Gasteiger charge is -2.57. The first-order chi connectivity index (χ1) is 44.8. The molecule has 3 aromatic rings. The van der Waals surface area contributed by atoms with Crippen LogP contribution in [-0.2, 0) is 9.47 Å². The summed E-state index contributed by atoms with van der Waals surface area (Å²) in [7, 11) is 171. The molecule has 63 heteroatoms. The number of carbonyl (C=O) groups is 3. The zero-order chi connectivity index (χ0) is 74.2. The number of aromatic nitrogens is 2. The van der Waals surface area contributed by atoms with E-state index in [2.05, 4.69) is 10.3 Å². The molecule has 5 rings (SSSR count). The Kier molecular flexibility index (Phi) is 39.5. The van der Waals surface area contributed by atoms with Gasteiger partial charge in [0, 0.05) is 405 Å². The van der Waals surface area contributed by atoms with Gasteiger partial charge in [0.05, 0.1) is 24.6 Å². The predicted molar refractivity (Wildman–Crippen MR) is 476 cm³/mol. The summed E-state index contributed by atoms with van der Waals surface area (Å²) in [6.45, 7) is 13.3. The average Bonchev–Trinajstić information content (AvgIpc) is 0.843. The topological polar surface area (TPSA) is 128 Å². The van der Waals surface area contributed by atoms with Crippen molar-refractivity contribution in [3.8, 4) is 11.5 Å². The standard InChI is InChI=1S/C19H24N4O4.C15H22N2O3.CH4.B50/c1-19(2,3)27-18(25)23-9-5-11-26-16-7-6-14(12-15(16)23)21(4)17(24)22-10-8-20-13-22;1-15(2,3)20-14(18)17-8-5-9-19-13-7-6-11(16-4)10-12(13)17;;1-27(2)40(28(3)4)46(39(25)26)49(45(37(21)22)38(23)24)50(47(41(29(5)6)30(7)8)42(31(9)10)32(11)12)48(43(33(13)14)34(15)16)44(35(17)18)36(19)20/h6-8,10,12-13H,5,9,11H2,1-4H3;6-7,10,16H,5,8-9H2,1-4H3;1H4;. The highest BCUT2D eigenvalue weighted by Gasteiger charge is 2.60. The molecule has 2 aromatic carbocycles. The second-order valence-electron chi connectivity index (χ2n) is 26.9. The van der Waals surface area contributed by atoms with Crippen LogP contribution in [0.15, 0.2) is 55.1 Å². The lowest BCUT2D eigenvalue weighted by molar-refractivity contribution is 0.0570. The fourth-order valence-electron chi connectivity index (χ4n) is 13.2. The molecule has 3 amide bonds. The number of amides is 3. The summed E-state index contributed by atoms with van der Waals surface area (Å²) in [5.41, 5.74) is 1.80. The third-order valence-corrected chi connectivity index (χ3v) is 17.2. The van der Waals surface area contributed by atoms with E-state index in [-0.39, 0.29) is 19.6 Å². The van der Waals surface area contributed by atoms with Crippen molar-refractivity contribution in [3.05, 3.63) is 55.1 Å². The molecule has 52 radical (unpaired) electrons. The van der Waals surface area contributed by atoms with E-state index in [0.717, 1.165) is 17.8 Å². The number of ether oxygens (including phenoxy) is 4. The zero-order valence-corrected chi connectivity index (χ0v) is 57.4. The highest BCUT2D eigenvalue weighted by Crippen LogP contribution is 2.37. The maximum Gasteiger partial charge on any atom is 0.414 e. The maximum absolute atomic E-state index is 12.7. The molecule has 3 heterocycles. The van der Waals surface area contributed by atoms with Crippen LogP contribution in [0.5, 0.6) is 11.5 Å². The molecular formula is C35H50B50N6O7. The van der Waals surface area contributed by atoms with Gasteiger partial charge in [-0.3, -0.25) is 19.3 Å². The van der Waals surface area contributed by atoms with Crippen molar-refractivity contribution >= 4 is 395 Å². The van der Waals surface area contributed by atoms with Gasteiger partial charge >= 0.3 is 18.2 Å². The zero-order valence-electron chi connectivity index (χ0n) is 57.4. The first-order valence-electron chi connectivity index (χ1n) is 32.0. The van der Waals surface area contributed by atoms with Crippen molar-refractivity contribution < 1.29 is 33.3 Å². The molecule has 0 saturated heterocycles. The maximum atomic E-state index is 12.7. The smallest absolute Gasteiger partial charge is 0.414 e. The van der Waals surface area contributed by atoms with E-state index in [4.69, 9.17) is 220 Å². The molecule has 412 valence electrons. The number of rotatable bonds is 25. The molecule has 0 saturated carbocycles. The second kappa shape index (κ2) is 41.9. The van der Waals surface area contributed by atoms with Crippen molar-refractivity contribution in [3.63, 3.8) is 0 Å². The number of nitrogens with one attached hydrogen (secondary N) is 1. The molecule has 98 heavy (non-hydrogen) atoms. The van der Waals surface area contributed by atoms with Gasteiger partial charge in [-0.2, -0.15) is 0 Å². The van der Waals surface area contributed by atoms with Gasteiger partial charge in [0.2, 0.25) is 0 Å². The van der Waals surface area contributed by atoms with Crippen LogP contribution < -0.4 is 29.5 Å². The third kappa shape index (κ3) is 26.1. The van der Waals surface area contributed by atoms with Crippen molar-refractivity contribution in [2.75, 3.05) is 60.4 Å². The van der Waals surface area contributed by atoms with Gasteiger partial charge in [-0.15, -0.1) is 0 Å². The van der Waals surface area contributed by atoms with Crippen molar-refractivity contribution in [2.45, 2.75) is 73.0 Å². The number of carbonyl (C=O) groups excluding carboxylic acids is 3. The molecule has 2 aliphatic heterocycles. The largest absolute Gasteiger partial charge is 0.491 e. The van der Waals surface area contributed by atoms with Gasteiger partial charge in [-0.25, -0.2) is 19.4 Å². The first kappa shape index (κ1) is 92.4. The number of hydrogen-bond acceptors (Lipinski definition) is 9. The average molecular weight is 1210 g/mol. The highest BCUT2D eigenvalue weighted by molar-refractivity contribution is 8.35. The summed E-state index contributed by atoms with van der Waals surface area (Å²) in [6.07, 6.45) is -25.7. The number of benzene rings is 2. The molecular weight excluding hydrogens is 1160 g/mol. The van der Waals surface area contributed by atoms with Crippen LogP contribution in [0.2, 0.25) is 0 Å². The Labute approximate surface area is 633 Å². The molecule has 13 nitrogen and oxygen atoms in total. The molecule has 0 unspecified atom stereocenters. The molecule has 1 aromatic heterocycles. The summed E-state index contributed by atoms with van der Waals surface area (Å²) < 4.78 is 23.8. The number of nitrogens with zero attached hydrogens (tertiary/aromatic N) is 5. The summed E-state index contributed by atoms with van der Waals surface area (Å²) in [4.78, 5) is 46.2. The number of hydrogen-bond donors (Lipinski definition) is 1. The van der Waals surface area contributed by atoms with Crippen LogP contribution in [0.25, 0.3) is 0 Å². The molecule has 0 bridgehead atoms. The van der Waals surface area contributed by atoms with Gasteiger partial charge in [-0.05, 0) is 90.8 Å². The van der Waals surface area contributed by atoms with Crippen molar-refractivity contribution in [1.29, 1.82) is 0 Å². The minimum Gasteiger partial charge on any atom is -0.491 e. The third-order valence-electron chi connectivity index (χ3n) is 17.2. The number of fused-ring (bicyclic) bond motifs is 2. The Morgan fingerprint density at radius 3 is 1.05 bits per heavy atom. The van der Waals surface area contributed by atoms with Crippen LogP contribution >= 0.6 is 0 Å². The van der Waals surface area contributed by atoms with E-state index >= 15 is 0 Å². The molecule has 2 aliphatic rings. The monoisotopic (exact) mass is 1220 g/mol. The number of anilines is 4. The Hall–Kier alpha value is -1.69. The van der Waals surface area contributed by atoms with E-state index in [1.54, 1.807) is 47.4 Å². The Morgan fingerprint density at radius 2 is 0.755 bits per heavy atom. The van der Waals surface area contributed by atoms with E-state index in [0.29, 0.717) is 55.6 Å². The van der Waals surface area contributed by atoms with Crippen LogP contribution in [0.3, 0.4) is 0 Å². The Morgan fingerprint density at radius 1 is 0.459 bits per heavy atom. The fraction of sp³-hybridized carbons (Fsp3) is 0.486. The Bertz CT molecular complexity index is 2730. The van der Waals surface area contributed by atoms with E-state index in [1.165, 1.54) is 15.8 Å². The summed E-state index contributed by atoms with van der Waals surface area (Å²) in [6, 6.07) is 10.8. The molecule has 0 fully saturated rings. The van der Waals surface area contributed by atoms with Crippen LogP contribution in [0.1, 0.15) is 61.8 Å². The van der Waals surface area contributed by atoms with Crippen molar-refractivity contribution in [2.24, 2.45) is 0 Å². The number of imidazole rings is 1. The normalized spacial score (nSPS) is 11.8. The van der Waals surface area contributed by atoms with E-state index < -0.39 is 171 Å². The van der Waals surface area contributed by atoms with Gasteiger partial charge < -0.3 is 24.3 Å². The summed E-state index contributed by atoms with van der Waals surface area (Å²) >= 11 is 0. The second-order valence-corrected chi connectivity index (χ2v) is 26.9. The quantitative estimate of drug-likeness (QED) is 0.0825. The Balaban J connectivity index is 0.000000561. The molecule has 1 N–H and O–H groups in total. The van der Waals surface area contributed by atoms with Crippen molar-refractivity contribution in [1.82, 2.24) is 9.55 Å². The predicted octanol–water partition coefficient (Wildman–Crippen LogP) is -11.6. The SMILES string of the molecule is C.CN(C(=O)n1ccnc1)c1ccc2c(c1)N(C(=O)OC(C)(C)C)CCCO2.CNc1ccc2c(c1)N(C(=O)OC(C)(C)C)CCCO2.[B]B([B])B(B([B])[B])B(B([B])[B])B(B(B([B])[B])B([B])[B])B(B(B(B([B])[B])B([B])[B])B(B([B])[B])B([B])[B])B(B(B([B])[B])B([B])[B])B(B([B])[B])B([B])[B]. The first-order valence-corrected chi connectivity index (χ1v) is 32.0. The lowest BCUT2D eigenvalue weighted by atomic mass is 8.24. The van der Waals surface area contributed by atoms with Crippen LogP contribution in [0.4, 0.5) is 37.1 Å². The van der Waals surface area contributed by atoms with Crippen LogP contribution in [0, 0.1) is 0 Å². The van der Waals surface area contributed by atoms with E-state index in [1.807, 2.05) is 66.8 Å².